The van der Waals surface area contributed by atoms with Crippen LogP contribution in [0.15, 0.2) is 84.0 Å². The van der Waals surface area contributed by atoms with Crippen molar-refractivity contribution in [3.8, 4) is 28.4 Å². The van der Waals surface area contributed by atoms with Crippen LogP contribution < -0.4 is 14.4 Å². The van der Waals surface area contributed by atoms with E-state index in [-0.39, 0.29) is 0 Å². The van der Waals surface area contributed by atoms with Crippen molar-refractivity contribution in [1.29, 1.82) is 0 Å². The maximum absolute atomic E-state index is 5.51. The summed E-state index contributed by atoms with van der Waals surface area (Å²) in [5.74, 6) is 1.33. The monoisotopic (exact) mass is 454 g/mol. The number of para-hydroxylation sites is 1. The van der Waals surface area contributed by atoms with E-state index >= 15 is 0 Å². The third kappa shape index (κ3) is 4.96. The predicted molar refractivity (Wildman–Crippen MR) is 139 cm³/mol. The summed E-state index contributed by atoms with van der Waals surface area (Å²) < 4.78 is 12.8. The Morgan fingerprint density at radius 3 is 2.24 bits per heavy atom. The normalized spacial score (nSPS) is 11.1. The van der Waals surface area contributed by atoms with E-state index in [0.717, 1.165) is 41.3 Å². The van der Waals surface area contributed by atoms with Crippen molar-refractivity contribution in [2.24, 2.45) is 4.99 Å². The fourth-order valence-electron chi connectivity index (χ4n) is 3.88. The Hall–Kier alpha value is -4.06. The Bertz CT molecular complexity index is 1240. The minimum atomic E-state index is 0.657. The second-order valence-corrected chi connectivity index (χ2v) is 7.73. The van der Waals surface area contributed by atoms with E-state index in [4.69, 9.17) is 19.6 Å². The van der Waals surface area contributed by atoms with Crippen molar-refractivity contribution < 1.29 is 9.47 Å². The molecule has 0 bridgehead atoms. The van der Waals surface area contributed by atoms with Gasteiger partial charge in [-0.1, -0.05) is 18.2 Å². The van der Waals surface area contributed by atoms with Gasteiger partial charge in [0.2, 0.25) is 0 Å². The van der Waals surface area contributed by atoms with Gasteiger partial charge in [0.15, 0.2) is 11.5 Å². The largest absolute Gasteiger partial charge is 0.493 e. The van der Waals surface area contributed by atoms with E-state index in [0.29, 0.717) is 11.5 Å². The van der Waals surface area contributed by atoms with E-state index in [1.807, 2.05) is 77.8 Å². The van der Waals surface area contributed by atoms with Crippen molar-refractivity contribution in [3.05, 3.63) is 84.6 Å². The van der Waals surface area contributed by atoms with E-state index < -0.39 is 0 Å². The number of rotatable bonds is 9. The molecule has 4 rings (SSSR count). The molecule has 0 N–H and O–H groups in total. The van der Waals surface area contributed by atoms with Crippen LogP contribution in [0, 0.1) is 0 Å². The summed E-state index contributed by atoms with van der Waals surface area (Å²) in [6.45, 7) is 6.28. The van der Waals surface area contributed by atoms with Crippen molar-refractivity contribution in [3.63, 3.8) is 0 Å². The minimum Gasteiger partial charge on any atom is -0.493 e. The van der Waals surface area contributed by atoms with Gasteiger partial charge in [0, 0.05) is 42.3 Å². The molecule has 4 aromatic rings. The summed E-state index contributed by atoms with van der Waals surface area (Å²) >= 11 is 0. The topological polar surface area (TPSA) is 51.9 Å². The zero-order chi connectivity index (χ0) is 23.9. The third-order valence-corrected chi connectivity index (χ3v) is 5.75. The number of hydrogen-bond acceptors (Lipinski definition) is 5. The second kappa shape index (κ2) is 10.7. The van der Waals surface area contributed by atoms with Gasteiger partial charge in [0.05, 0.1) is 25.6 Å². The zero-order valence-electron chi connectivity index (χ0n) is 20.1. The van der Waals surface area contributed by atoms with Gasteiger partial charge in [-0.25, -0.2) is 4.68 Å². The van der Waals surface area contributed by atoms with E-state index in [1.165, 1.54) is 5.69 Å². The van der Waals surface area contributed by atoms with Crippen LogP contribution in [0.25, 0.3) is 16.9 Å². The molecule has 174 valence electrons. The highest BCUT2D eigenvalue weighted by molar-refractivity contribution is 5.90. The van der Waals surface area contributed by atoms with Crippen LogP contribution in [0.4, 0.5) is 11.4 Å². The first-order valence-electron chi connectivity index (χ1n) is 11.4. The van der Waals surface area contributed by atoms with Crippen LogP contribution >= 0.6 is 0 Å². The molecule has 1 heterocycles. The van der Waals surface area contributed by atoms with E-state index in [9.17, 15) is 0 Å². The Balaban J connectivity index is 1.72. The average molecular weight is 455 g/mol. The van der Waals surface area contributed by atoms with Crippen LogP contribution in [0.3, 0.4) is 0 Å². The Morgan fingerprint density at radius 1 is 0.882 bits per heavy atom. The number of aromatic nitrogens is 2. The quantitative estimate of drug-likeness (QED) is 0.285. The number of nitrogens with zero attached hydrogens (tertiary/aromatic N) is 4. The summed E-state index contributed by atoms with van der Waals surface area (Å²) in [6.07, 6.45) is 3.86. The lowest BCUT2D eigenvalue weighted by atomic mass is 10.1. The van der Waals surface area contributed by atoms with Gasteiger partial charge in [0.1, 0.15) is 5.69 Å². The third-order valence-electron chi connectivity index (χ3n) is 5.75. The van der Waals surface area contributed by atoms with Crippen LogP contribution in [0.1, 0.15) is 19.4 Å². The SMILES string of the molecule is CCN(CC)c1ccc(N=Cc2cn(-c3ccccc3)nc2-c2ccc(OC)c(OC)c2)cc1. The highest BCUT2D eigenvalue weighted by atomic mass is 16.5. The summed E-state index contributed by atoms with van der Waals surface area (Å²) in [5, 5.41) is 4.88. The van der Waals surface area contributed by atoms with Gasteiger partial charge < -0.3 is 14.4 Å². The Labute approximate surface area is 201 Å². The van der Waals surface area contributed by atoms with Crippen molar-refractivity contribution in [2.45, 2.75) is 13.8 Å². The van der Waals surface area contributed by atoms with Gasteiger partial charge in [-0.15, -0.1) is 0 Å². The average Bonchev–Trinajstić information content (AvgIpc) is 3.33. The first-order valence-corrected chi connectivity index (χ1v) is 11.4. The maximum Gasteiger partial charge on any atom is 0.161 e. The smallest absolute Gasteiger partial charge is 0.161 e. The number of benzene rings is 3. The van der Waals surface area contributed by atoms with Crippen LogP contribution in [0.5, 0.6) is 11.5 Å². The van der Waals surface area contributed by atoms with Crippen LogP contribution in [-0.2, 0) is 0 Å². The molecular weight excluding hydrogens is 424 g/mol. The highest BCUT2D eigenvalue weighted by Crippen LogP contribution is 2.33. The van der Waals surface area contributed by atoms with Gasteiger partial charge in [0.25, 0.3) is 0 Å². The maximum atomic E-state index is 5.51. The molecule has 0 unspecified atom stereocenters. The molecule has 0 fully saturated rings. The molecule has 6 nitrogen and oxygen atoms in total. The van der Waals surface area contributed by atoms with Crippen molar-refractivity contribution in [1.82, 2.24) is 9.78 Å². The lowest BCUT2D eigenvalue weighted by Gasteiger charge is -2.20. The van der Waals surface area contributed by atoms with E-state index in [1.54, 1.807) is 14.2 Å². The number of methoxy groups -OCH3 is 2. The molecule has 0 saturated carbocycles. The molecule has 3 aromatic carbocycles. The number of hydrogen-bond donors (Lipinski definition) is 0. The lowest BCUT2D eigenvalue weighted by molar-refractivity contribution is 0.355. The molecule has 0 aliphatic heterocycles. The molecule has 0 aliphatic rings. The minimum absolute atomic E-state index is 0.657. The summed E-state index contributed by atoms with van der Waals surface area (Å²) in [7, 11) is 3.26. The Morgan fingerprint density at radius 2 is 1.59 bits per heavy atom. The molecule has 0 saturated heterocycles. The van der Waals surface area contributed by atoms with Gasteiger partial charge in [-0.3, -0.25) is 4.99 Å². The zero-order valence-corrected chi connectivity index (χ0v) is 20.1. The molecule has 0 spiro atoms. The molecule has 0 aliphatic carbocycles. The van der Waals surface area contributed by atoms with Gasteiger partial charge >= 0.3 is 0 Å². The van der Waals surface area contributed by atoms with E-state index in [2.05, 4.69) is 30.9 Å². The highest BCUT2D eigenvalue weighted by Gasteiger charge is 2.14. The fraction of sp³-hybridized carbons (Fsp3) is 0.214. The first-order chi connectivity index (χ1) is 16.7. The van der Waals surface area contributed by atoms with Gasteiger partial charge in [-0.05, 0) is 68.4 Å². The van der Waals surface area contributed by atoms with Crippen molar-refractivity contribution in [2.75, 3.05) is 32.2 Å². The standard InChI is InChI=1S/C28H30N4O2/c1-5-31(6-2)24-15-13-23(14-16-24)29-19-22-20-32(25-10-8-7-9-11-25)30-28(22)21-12-17-26(33-3)27(18-21)34-4/h7-20H,5-6H2,1-4H3. The second-order valence-electron chi connectivity index (χ2n) is 7.73. The lowest BCUT2D eigenvalue weighted by Crippen LogP contribution is -2.21. The summed E-state index contributed by atoms with van der Waals surface area (Å²) in [6, 6.07) is 24.2. The van der Waals surface area contributed by atoms with Crippen molar-refractivity contribution >= 4 is 17.6 Å². The summed E-state index contributed by atoms with van der Waals surface area (Å²) in [4.78, 5) is 7.06. The van der Waals surface area contributed by atoms with Gasteiger partial charge in [-0.2, -0.15) is 5.10 Å². The van der Waals surface area contributed by atoms with Crippen LogP contribution in [-0.4, -0.2) is 43.3 Å². The first kappa shape index (κ1) is 23.1. The molecule has 34 heavy (non-hydrogen) atoms. The molecule has 1 aromatic heterocycles. The number of ether oxygens (including phenoxy) is 2. The molecule has 6 heteroatoms. The summed E-state index contributed by atoms with van der Waals surface area (Å²) in [5.41, 5.74) is 5.71. The molecule has 0 radical (unpaired) electrons. The number of anilines is 1. The Kier molecular flexibility index (Phi) is 7.28. The molecular formula is C28H30N4O2. The molecule has 0 amide bonds. The molecule has 0 atom stereocenters. The van der Waals surface area contributed by atoms with Crippen LogP contribution in [0.2, 0.25) is 0 Å². The fourth-order valence-corrected chi connectivity index (χ4v) is 3.88. The predicted octanol–water partition coefficient (Wildman–Crippen LogP) is 6.15. The number of aliphatic imine (C=N–C) groups is 1.